The Balaban J connectivity index is 2.29. The summed E-state index contributed by atoms with van der Waals surface area (Å²) < 4.78 is 0. The van der Waals surface area contributed by atoms with Gasteiger partial charge < -0.3 is 4.90 Å². The van der Waals surface area contributed by atoms with Gasteiger partial charge in [0.2, 0.25) is 5.91 Å². The van der Waals surface area contributed by atoms with Crippen molar-refractivity contribution in [2.24, 2.45) is 17.8 Å². The molecule has 2 heteroatoms. The predicted molar refractivity (Wildman–Crippen MR) is 86.7 cm³/mol. The van der Waals surface area contributed by atoms with Gasteiger partial charge in [-0.1, -0.05) is 53.4 Å². The van der Waals surface area contributed by atoms with Gasteiger partial charge in [-0.05, 0) is 37.0 Å². The number of unbranched alkanes of at least 4 members (excludes halogenated alkanes) is 4. The van der Waals surface area contributed by atoms with Gasteiger partial charge in [-0.2, -0.15) is 0 Å². The molecule has 1 saturated heterocycles. The first kappa shape index (κ1) is 17.5. The molecular formula is C18H35NO. The van der Waals surface area contributed by atoms with E-state index in [0.717, 1.165) is 37.8 Å². The number of hydrogen-bond donors (Lipinski definition) is 0. The second-order valence-electron chi connectivity index (χ2n) is 7.01. The Morgan fingerprint density at radius 2 is 1.85 bits per heavy atom. The van der Waals surface area contributed by atoms with Gasteiger partial charge in [0.1, 0.15) is 0 Å². The van der Waals surface area contributed by atoms with Crippen LogP contribution in [0.3, 0.4) is 0 Å². The van der Waals surface area contributed by atoms with Crippen molar-refractivity contribution in [3.05, 3.63) is 0 Å². The van der Waals surface area contributed by atoms with Crippen molar-refractivity contribution in [2.75, 3.05) is 13.1 Å². The van der Waals surface area contributed by atoms with Gasteiger partial charge in [-0.25, -0.2) is 0 Å². The average Bonchev–Trinajstić information content (AvgIpc) is 2.46. The van der Waals surface area contributed by atoms with Crippen LogP contribution in [0.2, 0.25) is 0 Å². The summed E-state index contributed by atoms with van der Waals surface area (Å²) in [7, 11) is 0. The van der Waals surface area contributed by atoms with E-state index >= 15 is 0 Å². The number of hydrogen-bond acceptors (Lipinski definition) is 1. The van der Waals surface area contributed by atoms with Crippen molar-refractivity contribution in [1.82, 2.24) is 4.90 Å². The molecule has 0 saturated carbocycles. The lowest BCUT2D eigenvalue weighted by atomic mass is 9.80. The Hall–Kier alpha value is -0.530. The highest BCUT2D eigenvalue weighted by Gasteiger charge is 2.28. The molecule has 0 bridgehead atoms. The monoisotopic (exact) mass is 281 g/mol. The largest absolute Gasteiger partial charge is 0.342 e. The van der Waals surface area contributed by atoms with Crippen molar-refractivity contribution in [3.63, 3.8) is 0 Å². The Morgan fingerprint density at radius 3 is 2.50 bits per heavy atom. The molecule has 0 aromatic heterocycles. The van der Waals surface area contributed by atoms with Crippen LogP contribution in [-0.4, -0.2) is 23.9 Å². The molecule has 1 fully saturated rings. The Bertz CT molecular complexity index is 275. The number of rotatable bonds is 8. The molecule has 1 aliphatic heterocycles. The quantitative estimate of drug-likeness (QED) is 0.581. The van der Waals surface area contributed by atoms with Gasteiger partial charge in [-0.15, -0.1) is 0 Å². The van der Waals surface area contributed by atoms with Crippen LogP contribution < -0.4 is 0 Å². The van der Waals surface area contributed by atoms with E-state index in [0.29, 0.717) is 11.8 Å². The normalized spacial score (nSPS) is 21.2. The van der Waals surface area contributed by atoms with E-state index in [4.69, 9.17) is 0 Å². The summed E-state index contributed by atoms with van der Waals surface area (Å²) in [5, 5.41) is 0. The van der Waals surface area contributed by atoms with Crippen molar-refractivity contribution in [1.29, 1.82) is 0 Å². The van der Waals surface area contributed by atoms with E-state index in [1.807, 2.05) is 0 Å². The van der Waals surface area contributed by atoms with E-state index in [2.05, 4.69) is 32.6 Å². The first-order valence-electron chi connectivity index (χ1n) is 8.84. The molecule has 118 valence electrons. The lowest BCUT2D eigenvalue weighted by molar-refractivity contribution is -0.133. The molecule has 1 amide bonds. The summed E-state index contributed by atoms with van der Waals surface area (Å²) in [5.41, 5.74) is 0. The van der Waals surface area contributed by atoms with Crippen molar-refractivity contribution >= 4 is 5.91 Å². The molecule has 1 aliphatic rings. The first-order chi connectivity index (χ1) is 9.56. The van der Waals surface area contributed by atoms with Gasteiger partial charge in [0.25, 0.3) is 0 Å². The van der Waals surface area contributed by atoms with Crippen LogP contribution in [-0.2, 0) is 4.79 Å². The van der Waals surface area contributed by atoms with Gasteiger partial charge in [0, 0.05) is 19.5 Å². The molecule has 2 atom stereocenters. The molecular weight excluding hydrogens is 246 g/mol. The van der Waals surface area contributed by atoms with Gasteiger partial charge in [0.15, 0.2) is 0 Å². The zero-order valence-electron chi connectivity index (χ0n) is 14.2. The molecule has 1 heterocycles. The minimum atomic E-state index is 0.405. The number of carbonyl (C=O) groups excluding carboxylic acids is 1. The molecule has 20 heavy (non-hydrogen) atoms. The Morgan fingerprint density at radius 1 is 1.15 bits per heavy atom. The third-order valence-corrected chi connectivity index (χ3v) is 5.10. The molecule has 2 nitrogen and oxygen atoms in total. The fraction of sp³-hybridized carbons (Fsp3) is 0.944. The average molecular weight is 281 g/mol. The van der Waals surface area contributed by atoms with E-state index in [1.54, 1.807) is 0 Å². The second kappa shape index (κ2) is 9.41. The zero-order valence-corrected chi connectivity index (χ0v) is 14.2. The number of likely N-dealkylation sites (tertiary alicyclic amines) is 1. The van der Waals surface area contributed by atoms with Gasteiger partial charge in [-0.3, -0.25) is 4.79 Å². The number of carbonyl (C=O) groups is 1. The molecule has 0 aromatic rings. The highest BCUT2D eigenvalue weighted by Crippen LogP contribution is 2.29. The lowest BCUT2D eigenvalue weighted by Gasteiger charge is -2.37. The maximum atomic E-state index is 12.3. The molecule has 0 radical (unpaired) electrons. The van der Waals surface area contributed by atoms with Crippen LogP contribution in [0.4, 0.5) is 0 Å². The summed E-state index contributed by atoms with van der Waals surface area (Å²) in [4.78, 5) is 14.4. The van der Waals surface area contributed by atoms with Crippen LogP contribution in [0.1, 0.15) is 79.1 Å². The van der Waals surface area contributed by atoms with Gasteiger partial charge >= 0.3 is 0 Å². The standard InChI is InChI=1S/C18H35NO/c1-5-6-7-8-9-12-18(20)19-13-10-11-17(14-19)16(4)15(2)3/h15-17H,5-14H2,1-4H3. The molecule has 0 N–H and O–H groups in total. The molecule has 1 rings (SSSR count). The molecule has 0 aromatic carbocycles. The van der Waals surface area contributed by atoms with Crippen LogP contribution >= 0.6 is 0 Å². The fourth-order valence-corrected chi connectivity index (χ4v) is 3.25. The van der Waals surface area contributed by atoms with Crippen molar-refractivity contribution in [2.45, 2.75) is 79.1 Å². The first-order valence-corrected chi connectivity index (χ1v) is 8.84. The minimum absolute atomic E-state index is 0.405. The summed E-state index contributed by atoms with van der Waals surface area (Å²) in [6, 6.07) is 0. The van der Waals surface area contributed by atoms with Crippen LogP contribution in [0, 0.1) is 17.8 Å². The zero-order chi connectivity index (χ0) is 15.0. The minimum Gasteiger partial charge on any atom is -0.342 e. The Labute approximate surface area is 126 Å². The molecule has 0 spiro atoms. The van der Waals surface area contributed by atoms with Crippen LogP contribution in [0.15, 0.2) is 0 Å². The SMILES string of the molecule is CCCCCCCC(=O)N1CCCC(C(C)C(C)C)C1. The highest BCUT2D eigenvalue weighted by molar-refractivity contribution is 5.76. The summed E-state index contributed by atoms with van der Waals surface area (Å²) in [6.45, 7) is 11.2. The van der Waals surface area contributed by atoms with E-state index < -0.39 is 0 Å². The summed E-state index contributed by atoms with van der Waals surface area (Å²) >= 11 is 0. The number of nitrogens with zero attached hydrogens (tertiary/aromatic N) is 1. The topological polar surface area (TPSA) is 20.3 Å². The summed E-state index contributed by atoms with van der Waals surface area (Å²) in [5.74, 6) is 2.58. The van der Waals surface area contributed by atoms with E-state index in [9.17, 15) is 4.79 Å². The van der Waals surface area contributed by atoms with E-state index in [1.165, 1.54) is 38.5 Å². The third-order valence-electron chi connectivity index (χ3n) is 5.10. The van der Waals surface area contributed by atoms with Crippen molar-refractivity contribution < 1.29 is 4.79 Å². The molecule has 0 aliphatic carbocycles. The number of amides is 1. The molecule has 2 unspecified atom stereocenters. The number of piperidine rings is 1. The van der Waals surface area contributed by atoms with Crippen LogP contribution in [0.5, 0.6) is 0 Å². The van der Waals surface area contributed by atoms with E-state index in [-0.39, 0.29) is 0 Å². The maximum absolute atomic E-state index is 12.3. The van der Waals surface area contributed by atoms with Gasteiger partial charge in [0.05, 0.1) is 0 Å². The third kappa shape index (κ3) is 5.85. The fourth-order valence-electron chi connectivity index (χ4n) is 3.25. The maximum Gasteiger partial charge on any atom is 0.222 e. The highest BCUT2D eigenvalue weighted by atomic mass is 16.2. The smallest absolute Gasteiger partial charge is 0.222 e. The lowest BCUT2D eigenvalue weighted by Crippen LogP contribution is -2.42. The van der Waals surface area contributed by atoms with Crippen molar-refractivity contribution in [3.8, 4) is 0 Å². The second-order valence-corrected chi connectivity index (χ2v) is 7.01. The van der Waals surface area contributed by atoms with Crippen LogP contribution in [0.25, 0.3) is 0 Å². The Kier molecular flexibility index (Phi) is 8.25. The summed E-state index contributed by atoms with van der Waals surface area (Å²) in [6.07, 6.45) is 9.45. The predicted octanol–water partition coefficient (Wildman–Crippen LogP) is 4.88.